The zero-order chi connectivity index (χ0) is 10.6. The zero-order valence-electron chi connectivity index (χ0n) is 8.60. The van der Waals surface area contributed by atoms with Gasteiger partial charge in [0.15, 0.2) is 0 Å². The van der Waals surface area contributed by atoms with Gasteiger partial charge in [0.25, 0.3) is 0 Å². The number of aliphatic hydroxyl groups is 1. The van der Waals surface area contributed by atoms with E-state index in [1.54, 1.807) is 0 Å². The molecule has 0 saturated carbocycles. The van der Waals surface area contributed by atoms with Gasteiger partial charge in [0.1, 0.15) is 6.04 Å². The molecule has 1 aliphatic rings. The second-order valence-corrected chi connectivity index (χ2v) is 3.43. The number of rotatable bonds is 5. The van der Waals surface area contributed by atoms with Crippen molar-refractivity contribution in [2.45, 2.75) is 18.6 Å². The maximum absolute atomic E-state index is 11.2. The summed E-state index contributed by atoms with van der Waals surface area (Å²) in [6, 6.07) is -0.175. The molecule has 82 valence electrons. The summed E-state index contributed by atoms with van der Waals surface area (Å²) in [4.78, 5) is 13.1. The predicted molar refractivity (Wildman–Crippen MR) is 49.9 cm³/mol. The van der Waals surface area contributed by atoms with Crippen molar-refractivity contribution in [1.82, 2.24) is 4.90 Å². The average molecular weight is 203 g/mol. The first-order valence-corrected chi connectivity index (χ1v) is 4.68. The fraction of sp³-hybridized carbons (Fsp3) is 0.889. The van der Waals surface area contributed by atoms with E-state index in [0.717, 1.165) is 13.0 Å². The van der Waals surface area contributed by atoms with Gasteiger partial charge in [-0.3, -0.25) is 9.69 Å². The first kappa shape index (κ1) is 11.4. The lowest BCUT2D eigenvalue weighted by molar-refractivity contribution is -0.153. The second kappa shape index (κ2) is 5.29. The summed E-state index contributed by atoms with van der Waals surface area (Å²) in [5, 5.41) is 9.44. The van der Waals surface area contributed by atoms with E-state index in [4.69, 9.17) is 4.74 Å². The minimum Gasteiger partial charge on any atom is -0.468 e. The molecule has 2 atom stereocenters. The largest absolute Gasteiger partial charge is 0.468 e. The molecule has 1 N–H and O–H groups in total. The Morgan fingerprint density at radius 2 is 2.36 bits per heavy atom. The quantitative estimate of drug-likeness (QED) is 0.595. The first-order chi connectivity index (χ1) is 6.69. The predicted octanol–water partition coefficient (Wildman–Crippen LogP) is -0.759. The van der Waals surface area contributed by atoms with Crippen LogP contribution in [0.2, 0.25) is 0 Å². The summed E-state index contributed by atoms with van der Waals surface area (Å²) in [6.07, 6.45) is 0.277. The molecule has 0 spiro atoms. The number of likely N-dealkylation sites (tertiary alicyclic amines) is 1. The molecule has 1 saturated heterocycles. The summed E-state index contributed by atoms with van der Waals surface area (Å²) in [6.45, 7) is 1.60. The molecule has 5 heteroatoms. The topological polar surface area (TPSA) is 59.0 Å². The molecule has 5 nitrogen and oxygen atoms in total. The molecule has 1 aliphatic heterocycles. The molecule has 2 unspecified atom stereocenters. The molecular formula is C9H17NO4. The minimum atomic E-state index is -0.535. The van der Waals surface area contributed by atoms with Crippen LogP contribution in [0.15, 0.2) is 0 Å². The van der Waals surface area contributed by atoms with Gasteiger partial charge in [0.05, 0.1) is 19.8 Å². The number of nitrogens with zero attached hydrogens (tertiary/aromatic N) is 1. The Morgan fingerprint density at radius 1 is 1.64 bits per heavy atom. The number of carbonyl (C=O) groups is 1. The van der Waals surface area contributed by atoms with Crippen molar-refractivity contribution in [3.8, 4) is 0 Å². The average Bonchev–Trinajstić information content (AvgIpc) is 2.13. The van der Waals surface area contributed by atoms with E-state index in [1.165, 1.54) is 14.2 Å². The molecule has 0 aromatic carbocycles. The number of hydrogen-bond donors (Lipinski definition) is 1. The first-order valence-electron chi connectivity index (χ1n) is 4.68. The van der Waals surface area contributed by atoms with Crippen LogP contribution in [0.4, 0.5) is 0 Å². The van der Waals surface area contributed by atoms with Crippen LogP contribution in [0.3, 0.4) is 0 Å². The van der Waals surface area contributed by atoms with Crippen LogP contribution >= 0.6 is 0 Å². The van der Waals surface area contributed by atoms with Gasteiger partial charge in [-0.25, -0.2) is 0 Å². The molecule has 1 fully saturated rings. The highest BCUT2D eigenvalue weighted by Crippen LogP contribution is 2.18. The third kappa shape index (κ3) is 2.67. The van der Waals surface area contributed by atoms with E-state index in [2.05, 4.69) is 4.74 Å². The fourth-order valence-corrected chi connectivity index (χ4v) is 1.58. The Labute approximate surface area is 83.6 Å². The van der Waals surface area contributed by atoms with Gasteiger partial charge in [-0.05, 0) is 6.42 Å². The van der Waals surface area contributed by atoms with Crippen LogP contribution in [-0.4, -0.2) is 62.0 Å². The Bertz CT molecular complexity index is 197. The molecule has 0 aliphatic carbocycles. The highest BCUT2D eigenvalue weighted by Gasteiger charge is 2.35. The highest BCUT2D eigenvalue weighted by molar-refractivity contribution is 5.76. The van der Waals surface area contributed by atoms with Crippen LogP contribution in [0, 0.1) is 0 Å². The van der Waals surface area contributed by atoms with Crippen LogP contribution in [0.5, 0.6) is 0 Å². The fourth-order valence-electron chi connectivity index (χ4n) is 1.58. The summed E-state index contributed by atoms with van der Waals surface area (Å²) >= 11 is 0. The van der Waals surface area contributed by atoms with Crippen molar-refractivity contribution in [2.24, 2.45) is 0 Å². The van der Waals surface area contributed by atoms with Crippen molar-refractivity contribution in [3.63, 3.8) is 0 Å². The van der Waals surface area contributed by atoms with E-state index >= 15 is 0 Å². The van der Waals surface area contributed by atoms with E-state index in [-0.39, 0.29) is 12.0 Å². The van der Waals surface area contributed by atoms with Gasteiger partial charge >= 0.3 is 5.97 Å². The zero-order valence-corrected chi connectivity index (χ0v) is 8.60. The summed E-state index contributed by atoms with van der Waals surface area (Å²) in [5.41, 5.74) is 0. The number of esters is 1. The van der Waals surface area contributed by atoms with Gasteiger partial charge in [-0.15, -0.1) is 0 Å². The summed E-state index contributed by atoms with van der Waals surface area (Å²) in [7, 11) is 2.92. The van der Waals surface area contributed by atoms with Gasteiger partial charge in [0.2, 0.25) is 0 Å². The van der Waals surface area contributed by atoms with E-state index in [9.17, 15) is 9.90 Å². The van der Waals surface area contributed by atoms with Crippen molar-refractivity contribution in [2.75, 3.05) is 33.9 Å². The van der Waals surface area contributed by atoms with Gasteiger partial charge in [-0.1, -0.05) is 0 Å². The van der Waals surface area contributed by atoms with Gasteiger partial charge in [0, 0.05) is 20.2 Å². The highest BCUT2D eigenvalue weighted by atomic mass is 16.5. The molecule has 1 rings (SSSR count). The molecule has 0 aromatic rings. The van der Waals surface area contributed by atoms with E-state index in [1.807, 2.05) is 4.90 Å². The molecule has 14 heavy (non-hydrogen) atoms. The number of methoxy groups -OCH3 is 2. The third-order valence-electron chi connectivity index (χ3n) is 2.41. The monoisotopic (exact) mass is 203 g/mol. The van der Waals surface area contributed by atoms with Crippen molar-refractivity contribution < 1.29 is 19.4 Å². The number of aliphatic hydroxyl groups excluding tert-OH is 1. The molecule has 0 amide bonds. The van der Waals surface area contributed by atoms with Crippen LogP contribution in [0.1, 0.15) is 6.42 Å². The third-order valence-corrected chi connectivity index (χ3v) is 2.41. The summed E-state index contributed by atoms with van der Waals surface area (Å²) < 4.78 is 9.43. The molecule has 1 heterocycles. The van der Waals surface area contributed by atoms with Gasteiger partial charge < -0.3 is 14.6 Å². The van der Waals surface area contributed by atoms with Crippen molar-refractivity contribution >= 4 is 5.97 Å². The Kier molecular flexibility index (Phi) is 4.31. The van der Waals surface area contributed by atoms with Crippen molar-refractivity contribution in [1.29, 1.82) is 0 Å². The SMILES string of the molecule is COCC(O)CN1CCC1C(=O)OC. The molecule has 0 aromatic heterocycles. The lowest BCUT2D eigenvalue weighted by Gasteiger charge is -2.39. The minimum absolute atomic E-state index is 0.175. The molecule has 0 bridgehead atoms. The lowest BCUT2D eigenvalue weighted by atomic mass is 10.0. The number of ether oxygens (including phenoxy) is 2. The van der Waals surface area contributed by atoms with Crippen LogP contribution in [0.25, 0.3) is 0 Å². The van der Waals surface area contributed by atoms with E-state index < -0.39 is 6.10 Å². The molecular weight excluding hydrogens is 186 g/mol. The maximum Gasteiger partial charge on any atom is 0.323 e. The number of hydrogen-bond acceptors (Lipinski definition) is 5. The van der Waals surface area contributed by atoms with Gasteiger partial charge in [-0.2, -0.15) is 0 Å². The number of β-amino-alcohol motifs (C(OH)–C–C–N with tert-alkyl or cyclic N) is 1. The lowest BCUT2D eigenvalue weighted by Crippen LogP contribution is -2.55. The Balaban J connectivity index is 2.28. The summed E-state index contributed by atoms with van der Waals surface area (Å²) in [5.74, 6) is -0.221. The van der Waals surface area contributed by atoms with Crippen molar-refractivity contribution in [3.05, 3.63) is 0 Å². The Hall–Kier alpha value is -0.650. The second-order valence-electron chi connectivity index (χ2n) is 3.43. The smallest absolute Gasteiger partial charge is 0.323 e. The standard InChI is InChI=1S/C9H17NO4/c1-13-6-7(11)5-10-4-3-8(10)9(12)14-2/h7-8,11H,3-6H2,1-2H3. The van der Waals surface area contributed by atoms with Crippen LogP contribution in [-0.2, 0) is 14.3 Å². The van der Waals surface area contributed by atoms with Crippen LogP contribution < -0.4 is 0 Å². The Morgan fingerprint density at radius 3 is 2.79 bits per heavy atom. The maximum atomic E-state index is 11.2. The molecule has 0 radical (unpaired) electrons. The normalized spacial score (nSPS) is 24.1. The number of carbonyl (C=O) groups excluding carboxylic acids is 1. The van der Waals surface area contributed by atoms with E-state index in [0.29, 0.717) is 13.2 Å².